The molecule has 1 N–H and O–H groups in total. The van der Waals surface area contributed by atoms with E-state index >= 15 is 0 Å². The summed E-state index contributed by atoms with van der Waals surface area (Å²) in [6.07, 6.45) is 3.78. The Kier molecular flexibility index (Phi) is 2.60. The monoisotopic (exact) mass is 280 g/mol. The van der Waals surface area contributed by atoms with E-state index in [4.69, 9.17) is 5.11 Å². The summed E-state index contributed by atoms with van der Waals surface area (Å²) in [6.45, 7) is 0. The number of carboxylic acid groups (broad SMARTS) is 1. The third-order valence-electron chi connectivity index (χ3n) is 3.41. The minimum Gasteiger partial charge on any atom is -0.478 e. The lowest BCUT2D eigenvalue weighted by Gasteiger charge is -2.07. The van der Waals surface area contributed by atoms with E-state index in [0.717, 1.165) is 0 Å². The van der Waals surface area contributed by atoms with Gasteiger partial charge < -0.3 is 9.51 Å². The van der Waals surface area contributed by atoms with Crippen LogP contribution in [0.1, 0.15) is 28.5 Å². The van der Waals surface area contributed by atoms with Gasteiger partial charge in [0.2, 0.25) is 0 Å². The van der Waals surface area contributed by atoms with Gasteiger partial charge in [0.15, 0.2) is 9.84 Å². The van der Waals surface area contributed by atoms with Crippen LogP contribution in [0.15, 0.2) is 24.5 Å². The summed E-state index contributed by atoms with van der Waals surface area (Å²) in [5.74, 6) is -0.100. The minimum atomic E-state index is -2.96. The van der Waals surface area contributed by atoms with E-state index in [9.17, 15) is 13.2 Å². The summed E-state index contributed by atoms with van der Waals surface area (Å²) >= 11 is 0. The number of fused-ring (bicyclic) bond motifs is 1. The van der Waals surface area contributed by atoms with Crippen molar-refractivity contribution in [2.75, 3.05) is 11.5 Å². The SMILES string of the molecule is O=C(O)c1ccn2c(C3CCS(=O)(=O)C3)ncc2c1. The second-order valence-electron chi connectivity index (χ2n) is 4.73. The molecular formula is C12H12N2O4S. The zero-order chi connectivity index (χ0) is 13.6. The maximum Gasteiger partial charge on any atom is 0.335 e. The van der Waals surface area contributed by atoms with Crippen LogP contribution in [0, 0.1) is 0 Å². The van der Waals surface area contributed by atoms with Crippen LogP contribution in [0.2, 0.25) is 0 Å². The molecule has 100 valence electrons. The number of imidazole rings is 1. The van der Waals surface area contributed by atoms with E-state index in [1.54, 1.807) is 16.8 Å². The van der Waals surface area contributed by atoms with Gasteiger partial charge in [0.25, 0.3) is 0 Å². The zero-order valence-corrected chi connectivity index (χ0v) is 10.8. The van der Waals surface area contributed by atoms with E-state index < -0.39 is 15.8 Å². The van der Waals surface area contributed by atoms with E-state index in [2.05, 4.69) is 4.98 Å². The van der Waals surface area contributed by atoms with Gasteiger partial charge in [-0.05, 0) is 18.6 Å². The van der Waals surface area contributed by atoms with Gasteiger partial charge in [-0.15, -0.1) is 0 Å². The largest absolute Gasteiger partial charge is 0.478 e. The van der Waals surface area contributed by atoms with Crippen LogP contribution >= 0.6 is 0 Å². The predicted molar refractivity (Wildman–Crippen MR) is 68.2 cm³/mol. The lowest BCUT2D eigenvalue weighted by molar-refractivity contribution is 0.0697. The molecule has 1 atom stereocenters. The summed E-state index contributed by atoms with van der Waals surface area (Å²) in [6, 6.07) is 3.02. The highest BCUT2D eigenvalue weighted by atomic mass is 32.2. The molecule has 0 aromatic carbocycles. The van der Waals surface area contributed by atoms with Crippen molar-refractivity contribution >= 4 is 21.3 Å². The molecule has 0 radical (unpaired) electrons. The summed E-state index contributed by atoms with van der Waals surface area (Å²) in [4.78, 5) is 15.1. The molecule has 0 spiro atoms. The van der Waals surface area contributed by atoms with Crippen LogP contribution in [-0.4, -0.2) is 40.4 Å². The first-order valence-electron chi connectivity index (χ1n) is 5.87. The van der Waals surface area contributed by atoms with Crippen LogP contribution in [0.3, 0.4) is 0 Å². The van der Waals surface area contributed by atoms with Crippen molar-refractivity contribution in [1.29, 1.82) is 0 Å². The lowest BCUT2D eigenvalue weighted by Crippen LogP contribution is -2.07. The van der Waals surface area contributed by atoms with Gasteiger partial charge >= 0.3 is 5.97 Å². The van der Waals surface area contributed by atoms with Crippen LogP contribution in [0.25, 0.3) is 5.52 Å². The smallest absolute Gasteiger partial charge is 0.335 e. The Hall–Kier alpha value is -1.89. The Morgan fingerprint density at radius 3 is 2.89 bits per heavy atom. The number of hydrogen-bond donors (Lipinski definition) is 1. The fourth-order valence-corrected chi connectivity index (χ4v) is 4.19. The van der Waals surface area contributed by atoms with Crippen LogP contribution in [-0.2, 0) is 9.84 Å². The minimum absolute atomic E-state index is 0.108. The molecule has 1 fully saturated rings. The van der Waals surface area contributed by atoms with Crippen molar-refractivity contribution in [3.8, 4) is 0 Å². The second kappa shape index (κ2) is 4.06. The van der Waals surface area contributed by atoms with E-state index in [1.807, 2.05) is 0 Å². The summed E-state index contributed by atoms with van der Waals surface area (Å²) in [5.41, 5.74) is 0.859. The highest BCUT2D eigenvalue weighted by Gasteiger charge is 2.31. The molecule has 19 heavy (non-hydrogen) atoms. The fraction of sp³-hybridized carbons (Fsp3) is 0.333. The first kappa shape index (κ1) is 12.2. The average molecular weight is 280 g/mol. The summed E-state index contributed by atoms with van der Waals surface area (Å²) < 4.78 is 24.8. The topological polar surface area (TPSA) is 88.7 Å². The number of carboxylic acids is 1. The van der Waals surface area contributed by atoms with E-state index in [0.29, 0.717) is 17.8 Å². The molecule has 2 aromatic heterocycles. The quantitative estimate of drug-likeness (QED) is 0.884. The predicted octanol–water partition coefficient (Wildman–Crippen LogP) is 0.935. The first-order valence-corrected chi connectivity index (χ1v) is 7.69. The van der Waals surface area contributed by atoms with Crippen molar-refractivity contribution in [3.63, 3.8) is 0 Å². The fourth-order valence-electron chi connectivity index (χ4n) is 2.45. The molecular weight excluding hydrogens is 268 g/mol. The Morgan fingerprint density at radius 2 is 2.26 bits per heavy atom. The summed E-state index contributed by atoms with van der Waals surface area (Å²) in [7, 11) is -2.96. The van der Waals surface area contributed by atoms with Crippen molar-refractivity contribution in [2.45, 2.75) is 12.3 Å². The highest BCUT2D eigenvalue weighted by Crippen LogP contribution is 2.28. The Bertz CT molecular complexity index is 763. The third-order valence-corrected chi connectivity index (χ3v) is 5.17. The van der Waals surface area contributed by atoms with Crippen LogP contribution in [0.5, 0.6) is 0 Å². The van der Waals surface area contributed by atoms with Gasteiger partial charge in [0, 0.05) is 12.1 Å². The average Bonchev–Trinajstić information content (AvgIpc) is 2.91. The normalized spacial score (nSPS) is 21.8. The maximum absolute atomic E-state index is 11.5. The molecule has 0 saturated carbocycles. The molecule has 0 aliphatic carbocycles. The van der Waals surface area contributed by atoms with Crippen molar-refractivity contribution in [1.82, 2.24) is 9.38 Å². The molecule has 3 heterocycles. The van der Waals surface area contributed by atoms with Gasteiger partial charge in [0.05, 0.1) is 28.8 Å². The Morgan fingerprint density at radius 1 is 1.47 bits per heavy atom. The van der Waals surface area contributed by atoms with E-state index in [-0.39, 0.29) is 23.0 Å². The molecule has 3 rings (SSSR count). The maximum atomic E-state index is 11.5. The Balaban J connectivity index is 2.04. The number of aromatic nitrogens is 2. The molecule has 1 saturated heterocycles. The number of hydrogen-bond acceptors (Lipinski definition) is 4. The number of aromatic carboxylic acids is 1. The third kappa shape index (κ3) is 2.10. The van der Waals surface area contributed by atoms with Gasteiger partial charge in [-0.1, -0.05) is 0 Å². The van der Waals surface area contributed by atoms with Gasteiger partial charge in [-0.25, -0.2) is 18.2 Å². The molecule has 6 nitrogen and oxygen atoms in total. The molecule has 2 aromatic rings. The zero-order valence-electron chi connectivity index (χ0n) is 9.98. The van der Waals surface area contributed by atoms with Gasteiger partial charge in [0.1, 0.15) is 5.82 Å². The summed E-state index contributed by atoms with van der Waals surface area (Å²) in [5, 5.41) is 8.92. The molecule has 1 aliphatic rings. The van der Waals surface area contributed by atoms with Crippen molar-refractivity contribution < 1.29 is 18.3 Å². The van der Waals surface area contributed by atoms with Crippen molar-refractivity contribution in [2.24, 2.45) is 0 Å². The first-order chi connectivity index (χ1) is 8.96. The van der Waals surface area contributed by atoms with Gasteiger partial charge in [-0.3, -0.25) is 0 Å². The van der Waals surface area contributed by atoms with E-state index in [1.165, 1.54) is 12.1 Å². The number of pyridine rings is 1. The van der Waals surface area contributed by atoms with Gasteiger partial charge in [-0.2, -0.15) is 0 Å². The van der Waals surface area contributed by atoms with Crippen LogP contribution < -0.4 is 0 Å². The Labute approximate surface area is 109 Å². The van der Waals surface area contributed by atoms with Crippen molar-refractivity contribution in [3.05, 3.63) is 35.9 Å². The number of sulfone groups is 1. The molecule has 7 heteroatoms. The molecule has 1 aliphatic heterocycles. The second-order valence-corrected chi connectivity index (χ2v) is 6.96. The number of nitrogens with zero attached hydrogens (tertiary/aromatic N) is 2. The molecule has 1 unspecified atom stereocenters. The molecule has 0 amide bonds. The number of carbonyl (C=O) groups is 1. The standard InChI is InChI=1S/C12H12N2O4S/c15-12(16)8-1-3-14-10(5-8)6-13-11(14)9-2-4-19(17,18)7-9/h1,3,5-6,9H,2,4,7H2,(H,15,16). The number of rotatable bonds is 2. The molecule has 0 bridgehead atoms. The highest BCUT2D eigenvalue weighted by molar-refractivity contribution is 7.91. The lowest BCUT2D eigenvalue weighted by atomic mass is 10.1. The van der Waals surface area contributed by atoms with Crippen LogP contribution in [0.4, 0.5) is 0 Å².